The van der Waals surface area contributed by atoms with Crippen molar-refractivity contribution in [3.05, 3.63) is 28.8 Å². The van der Waals surface area contributed by atoms with Crippen molar-refractivity contribution in [2.45, 2.75) is 32.4 Å². The average Bonchev–Trinajstić information content (AvgIpc) is 3.22. The SMILES string of the molecule is CCN(C(=O)COc1cccc(Cl)c1CO)C1CC1. The predicted molar refractivity (Wildman–Crippen MR) is 73.3 cm³/mol. The van der Waals surface area contributed by atoms with Crippen molar-refractivity contribution in [2.75, 3.05) is 13.2 Å². The fraction of sp³-hybridized carbons (Fsp3) is 0.500. The second-order valence-electron chi connectivity index (χ2n) is 4.57. The van der Waals surface area contributed by atoms with Crippen LogP contribution in [-0.4, -0.2) is 35.1 Å². The van der Waals surface area contributed by atoms with Gasteiger partial charge in [-0.05, 0) is 31.9 Å². The molecule has 0 aromatic heterocycles. The number of amides is 1. The van der Waals surface area contributed by atoms with E-state index in [4.69, 9.17) is 16.3 Å². The van der Waals surface area contributed by atoms with E-state index in [1.165, 1.54) is 0 Å². The number of hydrogen-bond donors (Lipinski definition) is 1. The van der Waals surface area contributed by atoms with E-state index in [0.29, 0.717) is 28.9 Å². The molecule has 1 N–H and O–H groups in total. The van der Waals surface area contributed by atoms with E-state index >= 15 is 0 Å². The molecule has 5 heteroatoms. The van der Waals surface area contributed by atoms with Gasteiger partial charge in [-0.15, -0.1) is 0 Å². The van der Waals surface area contributed by atoms with Gasteiger partial charge in [-0.25, -0.2) is 0 Å². The normalized spacial score (nSPS) is 14.3. The second kappa shape index (κ2) is 6.26. The van der Waals surface area contributed by atoms with E-state index in [-0.39, 0.29) is 19.1 Å². The molecular weight excluding hydrogens is 266 g/mol. The van der Waals surface area contributed by atoms with Crippen molar-refractivity contribution in [2.24, 2.45) is 0 Å². The van der Waals surface area contributed by atoms with Gasteiger partial charge in [0, 0.05) is 23.2 Å². The minimum Gasteiger partial charge on any atom is -0.483 e. The van der Waals surface area contributed by atoms with Crippen LogP contribution in [0.25, 0.3) is 0 Å². The molecule has 2 rings (SSSR count). The zero-order valence-corrected chi connectivity index (χ0v) is 11.7. The van der Waals surface area contributed by atoms with Gasteiger partial charge in [0.15, 0.2) is 6.61 Å². The third kappa shape index (κ3) is 3.39. The van der Waals surface area contributed by atoms with E-state index in [1.807, 2.05) is 11.8 Å². The number of hydrogen-bond acceptors (Lipinski definition) is 3. The lowest BCUT2D eigenvalue weighted by atomic mass is 10.2. The second-order valence-corrected chi connectivity index (χ2v) is 4.98. The van der Waals surface area contributed by atoms with Crippen LogP contribution in [0.2, 0.25) is 5.02 Å². The number of rotatable bonds is 6. The molecule has 0 radical (unpaired) electrons. The van der Waals surface area contributed by atoms with E-state index in [1.54, 1.807) is 18.2 Å². The van der Waals surface area contributed by atoms with Gasteiger partial charge in [-0.1, -0.05) is 17.7 Å². The van der Waals surface area contributed by atoms with Crippen LogP contribution >= 0.6 is 11.6 Å². The molecule has 1 aromatic rings. The maximum Gasteiger partial charge on any atom is 0.260 e. The highest BCUT2D eigenvalue weighted by molar-refractivity contribution is 6.31. The lowest BCUT2D eigenvalue weighted by Gasteiger charge is -2.20. The summed E-state index contributed by atoms with van der Waals surface area (Å²) in [6, 6.07) is 5.51. The number of nitrogens with zero attached hydrogens (tertiary/aromatic N) is 1. The quantitative estimate of drug-likeness (QED) is 0.871. The third-order valence-electron chi connectivity index (χ3n) is 3.23. The molecule has 1 fully saturated rings. The Morgan fingerprint density at radius 3 is 2.84 bits per heavy atom. The van der Waals surface area contributed by atoms with E-state index in [9.17, 15) is 9.90 Å². The number of carbonyl (C=O) groups excluding carboxylic acids is 1. The van der Waals surface area contributed by atoms with Crippen molar-refractivity contribution in [3.63, 3.8) is 0 Å². The molecule has 0 unspecified atom stereocenters. The van der Waals surface area contributed by atoms with E-state index in [2.05, 4.69) is 0 Å². The molecule has 1 aromatic carbocycles. The van der Waals surface area contributed by atoms with Gasteiger partial charge in [-0.2, -0.15) is 0 Å². The van der Waals surface area contributed by atoms with Gasteiger partial charge < -0.3 is 14.7 Å². The first-order chi connectivity index (χ1) is 9.17. The summed E-state index contributed by atoms with van der Waals surface area (Å²) in [6.45, 7) is 2.45. The lowest BCUT2D eigenvalue weighted by molar-refractivity contribution is -0.133. The van der Waals surface area contributed by atoms with Gasteiger partial charge in [0.2, 0.25) is 0 Å². The molecule has 4 nitrogen and oxygen atoms in total. The monoisotopic (exact) mass is 283 g/mol. The smallest absolute Gasteiger partial charge is 0.260 e. The van der Waals surface area contributed by atoms with Crippen LogP contribution in [0.3, 0.4) is 0 Å². The zero-order valence-electron chi connectivity index (χ0n) is 10.9. The fourth-order valence-electron chi connectivity index (χ4n) is 2.07. The van der Waals surface area contributed by atoms with Crippen molar-refractivity contribution in [1.82, 2.24) is 4.90 Å². The summed E-state index contributed by atoms with van der Waals surface area (Å²) in [5.74, 6) is 0.448. The molecule has 1 amide bonds. The molecule has 0 atom stereocenters. The van der Waals surface area contributed by atoms with Crippen LogP contribution in [0.5, 0.6) is 5.75 Å². The summed E-state index contributed by atoms with van der Waals surface area (Å²) in [5, 5.41) is 9.70. The average molecular weight is 284 g/mol. The van der Waals surface area contributed by atoms with Crippen LogP contribution < -0.4 is 4.74 Å². The number of aliphatic hydroxyl groups excluding tert-OH is 1. The number of carbonyl (C=O) groups is 1. The largest absolute Gasteiger partial charge is 0.483 e. The first-order valence-electron chi connectivity index (χ1n) is 6.47. The van der Waals surface area contributed by atoms with Gasteiger partial charge in [0.1, 0.15) is 5.75 Å². The summed E-state index contributed by atoms with van der Waals surface area (Å²) in [6.07, 6.45) is 2.16. The fourth-order valence-corrected chi connectivity index (χ4v) is 2.30. The molecule has 1 saturated carbocycles. The van der Waals surface area contributed by atoms with Gasteiger partial charge in [-0.3, -0.25) is 4.79 Å². The molecule has 104 valence electrons. The number of benzene rings is 1. The maximum absolute atomic E-state index is 12.0. The van der Waals surface area contributed by atoms with Crippen molar-refractivity contribution >= 4 is 17.5 Å². The highest BCUT2D eigenvalue weighted by Crippen LogP contribution is 2.28. The van der Waals surface area contributed by atoms with Gasteiger partial charge >= 0.3 is 0 Å². The minimum absolute atomic E-state index is 0.0162. The van der Waals surface area contributed by atoms with Crippen molar-refractivity contribution < 1.29 is 14.6 Å². The highest BCUT2D eigenvalue weighted by Gasteiger charge is 2.31. The standard InChI is InChI=1S/C14H18ClNO3/c1-2-16(10-6-7-10)14(18)9-19-13-5-3-4-12(15)11(13)8-17/h3-5,10,17H,2,6-9H2,1H3. The molecule has 1 aliphatic rings. The number of ether oxygens (including phenoxy) is 1. The minimum atomic E-state index is -0.205. The molecule has 0 spiro atoms. The number of aliphatic hydroxyl groups is 1. The Bertz CT molecular complexity index is 460. The van der Waals surface area contributed by atoms with Gasteiger partial charge in [0.25, 0.3) is 5.91 Å². The predicted octanol–water partition coefficient (Wildman–Crippen LogP) is 2.22. The summed E-state index contributed by atoms with van der Waals surface area (Å²) in [7, 11) is 0. The molecule has 19 heavy (non-hydrogen) atoms. The Labute approximate surface area is 117 Å². The van der Waals surface area contributed by atoms with Crippen LogP contribution in [0.1, 0.15) is 25.3 Å². The van der Waals surface area contributed by atoms with Crippen LogP contribution in [-0.2, 0) is 11.4 Å². The van der Waals surface area contributed by atoms with Crippen molar-refractivity contribution in [3.8, 4) is 5.75 Å². The molecule has 0 aliphatic heterocycles. The van der Waals surface area contributed by atoms with Crippen LogP contribution in [0, 0.1) is 0 Å². The summed E-state index contributed by atoms with van der Waals surface area (Å²) in [5.41, 5.74) is 0.520. The molecule has 0 saturated heterocycles. The Balaban J connectivity index is 1.98. The molecule has 0 heterocycles. The number of halogens is 1. The number of likely N-dealkylation sites (N-methyl/N-ethyl adjacent to an activating group) is 1. The first kappa shape index (κ1) is 14.2. The first-order valence-corrected chi connectivity index (χ1v) is 6.85. The Morgan fingerprint density at radius 2 is 2.26 bits per heavy atom. The van der Waals surface area contributed by atoms with Gasteiger partial charge in [0.05, 0.1) is 6.61 Å². The van der Waals surface area contributed by atoms with E-state index in [0.717, 1.165) is 12.8 Å². The lowest BCUT2D eigenvalue weighted by Crippen LogP contribution is -2.36. The third-order valence-corrected chi connectivity index (χ3v) is 3.59. The summed E-state index contributed by atoms with van der Waals surface area (Å²) < 4.78 is 5.50. The Kier molecular flexibility index (Phi) is 4.66. The Hall–Kier alpha value is -1.26. The zero-order chi connectivity index (χ0) is 13.8. The van der Waals surface area contributed by atoms with Crippen LogP contribution in [0.15, 0.2) is 18.2 Å². The maximum atomic E-state index is 12.0. The summed E-state index contributed by atoms with van der Waals surface area (Å²) in [4.78, 5) is 13.9. The van der Waals surface area contributed by atoms with E-state index < -0.39 is 0 Å². The molecule has 0 bridgehead atoms. The highest BCUT2D eigenvalue weighted by atomic mass is 35.5. The van der Waals surface area contributed by atoms with Crippen LogP contribution in [0.4, 0.5) is 0 Å². The molecular formula is C14H18ClNO3. The molecule has 1 aliphatic carbocycles. The Morgan fingerprint density at radius 1 is 1.53 bits per heavy atom. The topological polar surface area (TPSA) is 49.8 Å². The van der Waals surface area contributed by atoms with Crippen molar-refractivity contribution in [1.29, 1.82) is 0 Å². The summed E-state index contributed by atoms with van der Waals surface area (Å²) >= 11 is 5.96.